The average Bonchev–Trinajstić information content (AvgIpc) is 2.91. The zero-order valence-corrected chi connectivity index (χ0v) is 13.5. The first kappa shape index (κ1) is 15.8. The van der Waals surface area contributed by atoms with Crippen molar-refractivity contribution in [3.05, 3.63) is 51.2 Å². The Kier molecular flexibility index (Phi) is 5.61. The van der Waals surface area contributed by atoms with Gasteiger partial charge in [-0.05, 0) is 43.8 Å². The van der Waals surface area contributed by atoms with Crippen LogP contribution in [0.25, 0.3) is 0 Å². The molecule has 0 bridgehead atoms. The van der Waals surface area contributed by atoms with Crippen molar-refractivity contribution in [2.75, 3.05) is 12.4 Å². The van der Waals surface area contributed by atoms with Crippen LogP contribution in [0, 0.1) is 0 Å². The number of halogens is 1. The number of anilines is 1. The number of hydrogen-bond acceptors (Lipinski definition) is 3. The summed E-state index contributed by atoms with van der Waals surface area (Å²) in [6, 6.07) is 11.6. The lowest BCUT2D eigenvalue weighted by Gasteiger charge is -2.12. The molecule has 0 saturated carbocycles. The molecule has 0 aliphatic carbocycles. The number of rotatable bonds is 5. The number of amides is 2. The van der Waals surface area contributed by atoms with Gasteiger partial charge < -0.3 is 16.0 Å². The third-order valence-corrected chi connectivity index (χ3v) is 4.38. The van der Waals surface area contributed by atoms with E-state index in [2.05, 4.69) is 22.9 Å². The fourth-order valence-electron chi connectivity index (χ4n) is 1.81. The van der Waals surface area contributed by atoms with Crippen molar-refractivity contribution in [1.29, 1.82) is 0 Å². The van der Waals surface area contributed by atoms with Crippen LogP contribution >= 0.6 is 22.9 Å². The molecule has 1 heterocycles. The maximum absolute atomic E-state index is 11.8. The molecule has 2 aromatic rings. The molecule has 1 atom stereocenters. The molecule has 0 radical (unpaired) electrons. The van der Waals surface area contributed by atoms with E-state index in [1.165, 1.54) is 16.9 Å². The molecule has 21 heavy (non-hydrogen) atoms. The molecule has 0 saturated heterocycles. The molecular weight excluding hydrogens is 306 g/mol. The van der Waals surface area contributed by atoms with Crippen molar-refractivity contribution in [3.8, 4) is 0 Å². The van der Waals surface area contributed by atoms with E-state index in [1.807, 2.05) is 43.4 Å². The maximum atomic E-state index is 11.8. The summed E-state index contributed by atoms with van der Waals surface area (Å²) in [7, 11) is 1.92. The van der Waals surface area contributed by atoms with Crippen molar-refractivity contribution in [2.24, 2.45) is 0 Å². The summed E-state index contributed by atoms with van der Waals surface area (Å²) in [6.45, 7) is 2.55. The third kappa shape index (κ3) is 4.74. The van der Waals surface area contributed by atoms with Crippen LogP contribution in [-0.2, 0) is 6.54 Å². The molecule has 3 N–H and O–H groups in total. The summed E-state index contributed by atoms with van der Waals surface area (Å²) in [5, 5.41) is 8.78. The highest BCUT2D eigenvalue weighted by Crippen LogP contribution is 2.21. The fourth-order valence-corrected chi connectivity index (χ4v) is 2.84. The minimum Gasteiger partial charge on any atom is -0.333 e. The van der Waals surface area contributed by atoms with E-state index >= 15 is 0 Å². The van der Waals surface area contributed by atoms with Gasteiger partial charge in [-0.3, -0.25) is 0 Å². The van der Waals surface area contributed by atoms with Crippen LogP contribution in [-0.4, -0.2) is 13.1 Å². The predicted molar refractivity (Wildman–Crippen MR) is 89.1 cm³/mol. The van der Waals surface area contributed by atoms with E-state index in [0.717, 1.165) is 14.9 Å². The Hall–Kier alpha value is -1.56. The summed E-state index contributed by atoms with van der Waals surface area (Å²) in [6.07, 6.45) is 0. The Morgan fingerprint density at radius 2 is 1.95 bits per heavy atom. The molecule has 112 valence electrons. The molecular formula is C15H18ClN3OS. The Balaban J connectivity index is 1.84. The molecule has 1 aromatic carbocycles. The Bertz CT molecular complexity index is 597. The Morgan fingerprint density at radius 1 is 1.24 bits per heavy atom. The van der Waals surface area contributed by atoms with Crippen molar-refractivity contribution in [1.82, 2.24) is 10.6 Å². The predicted octanol–water partition coefficient (Wildman–Crippen LogP) is 4.00. The topological polar surface area (TPSA) is 53.2 Å². The molecule has 0 aliphatic heterocycles. The molecule has 2 amide bonds. The van der Waals surface area contributed by atoms with Gasteiger partial charge in [0.15, 0.2) is 0 Å². The van der Waals surface area contributed by atoms with Crippen LogP contribution in [0.4, 0.5) is 10.5 Å². The van der Waals surface area contributed by atoms with Crippen LogP contribution in [0.3, 0.4) is 0 Å². The minimum absolute atomic E-state index is 0.228. The molecule has 2 rings (SSSR count). The highest BCUT2D eigenvalue weighted by atomic mass is 35.5. The lowest BCUT2D eigenvalue weighted by molar-refractivity contribution is 0.252. The quantitative estimate of drug-likeness (QED) is 0.779. The normalized spacial score (nSPS) is 12.0. The Morgan fingerprint density at radius 3 is 2.52 bits per heavy atom. The zero-order chi connectivity index (χ0) is 15.2. The number of hydrogen-bond donors (Lipinski definition) is 3. The first-order valence-corrected chi connectivity index (χ1v) is 7.84. The van der Waals surface area contributed by atoms with E-state index in [1.54, 1.807) is 0 Å². The third-order valence-electron chi connectivity index (χ3n) is 3.15. The zero-order valence-electron chi connectivity index (χ0n) is 11.9. The van der Waals surface area contributed by atoms with Gasteiger partial charge in [0, 0.05) is 16.6 Å². The maximum Gasteiger partial charge on any atom is 0.319 e. The number of benzene rings is 1. The number of carbonyl (C=O) groups excluding carboxylic acids is 1. The van der Waals surface area contributed by atoms with Gasteiger partial charge in [0.25, 0.3) is 0 Å². The number of thiophene rings is 1. The second kappa shape index (κ2) is 7.45. The van der Waals surface area contributed by atoms with Crippen LogP contribution in [0.2, 0.25) is 4.34 Å². The van der Waals surface area contributed by atoms with Gasteiger partial charge in [0.1, 0.15) is 0 Å². The molecule has 0 fully saturated rings. The largest absolute Gasteiger partial charge is 0.333 e. The van der Waals surface area contributed by atoms with Crippen LogP contribution in [0.15, 0.2) is 36.4 Å². The minimum atomic E-state index is -0.228. The summed E-state index contributed by atoms with van der Waals surface area (Å²) in [5.41, 5.74) is 1.94. The lowest BCUT2D eigenvalue weighted by Crippen LogP contribution is -2.27. The molecule has 1 unspecified atom stereocenters. The average molecular weight is 324 g/mol. The summed E-state index contributed by atoms with van der Waals surface area (Å²) in [5.74, 6) is 0. The first-order valence-electron chi connectivity index (χ1n) is 6.65. The first-order chi connectivity index (χ1) is 10.1. The highest BCUT2D eigenvalue weighted by molar-refractivity contribution is 7.16. The van der Waals surface area contributed by atoms with Crippen LogP contribution in [0.5, 0.6) is 0 Å². The van der Waals surface area contributed by atoms with Gasteiger partial charge in [-0.15, -0.1) is 11.3 Å². The van der Waals surface area contributed by atoms with Gasteiger partial charge >= 0.3 is 6.03 Å². The second-order valence-electron chi connectivity index (χ2n) is 4.65. The highest BCUT2D eigenvalue weighted by Gasteiger charge is 2.05. The SMILES string of the molecule is CNC(C)c1ccc(NC(=O)NCc2ccc(Cl)s2)cc1. The van der Waals surface area contributed by atoms with Crippen molar-refractivity contribution >= 4 is 34.7 Å². The smallest absolute Gasteiger partial charge is 0.319 e. The summed E-state index contributed by atoms with van der Waals surface area (Å²) >= 11 is 7.30. The second-order valence-corrected chi connectivity index (χ2v) is 6.45. The fraction of sp³-hybridized carbons (Fsp3) is 0.267. The van der Waals surface area contributed by atoms with E-state index < -0.39 is 0 Å². The molecule has 0 spiro atoms. The van der Waals surface area contributed by atoms with Gasteiger partial charge in [0.2, 0.25) is 0 Å². The lowest BCUT2D eigenvalue weighted by atomic mass is 10.1. The van der Waals surface area contributed by atoms with Gasteiger partial charge in [-0.25, -0.2) is 4.79 Å². The van der Waals surface area contributed by atoms with Gasteiger partial charge in [-0.2, -0.15) is 0 Å². The van der Waals surface area contributed by atoms with Crippen molar-refractivity contribution in [2.45, 2.75) is 19.5 Å². The van der Waals surface area contributed by atoms with Crippen molar-refractivity contribution in [3.63, 3.8) is 0 Å². The van der Waals surface area contributed by atoms with E-state index in [4.69, 9.17) is 11.6 Å². The number of urea groups is 1. The number of nitrogens with one attached hydrogen (secondary N) is 3. The van der Waals surface area contributed by atoms with Gasteiger partial charge in [-0.1, -0.05) is 23.7 Å². The molecule has 6 heteroatoms. The standard InChI is InChI=1S/C15H18ClN3OS/c1-10(17-2)11-3-5-12(6-4-11)19-15(20)18-9-13-7-8-14(16)21-13/h3-8,10,17H,9H2,1-2H3,(H2,18,19,20). The monoisotopic (exact) mass is 323 g/mol. The van der Waals surface area contributed by atoms with Crippen molar-refractivity contribution < 1.29 is 4.79 Å². The van der Waals surface area contributed by atoms with E-state index in [-0.39, 0.29) is 12.1 Å². The van der Waals surface area contributed by atoms with Crippen LogP contribution in [0.1, 0.15) is 23.4 Å². The molecule has 4 nitrogen and oxygen atoms in total. The summed E-state index contributed by atoms with van der Waals surface area (Å²) in [4.78, 5) is 12.8. The Labute approximate surface area is 133 Å². The van der Waals surface area contributed by atoms with Gasteiger partial charge in [0.05, 0.1) is 10.9 Å². The van der Waals surface area contributed by atoms with Crippen LogP contribution < -0.4 is 16.0 Å². The van der Waals surface area contributed by atoms with E-state index in [0.29, 0.717) is 6.54 Å². The van der Waals surface area contributed by atoms with E-state index in [9.17, 15) is 4.79 Å². The number of carbonyl (C=O) groups is 1. The summed E-state index contributed by atoms with van der Waals surface area (Å²) < 4.78 is 0.724. The molecule has 0 aliphatic rings. The molecule has 1 aromatic heterocycles.